The molecule has 1 aromatic heterocycles. The van der Waals surface area contributed by atoms with Gasteiger partial charge in [0.2, 0.25) is 5.91 Å². The second kappa shape index (κ2) is 7.91. The van der Waals surface area contributed by atoms with E-state index in [9.17, 15) is 9.59 Å². The first kappa shape index (κ1) is 18.3. The van der Waals surface area contributed by atoms with Crippen molar-refractivity contribution in [2.45, 2.75) is 25.5 Å². The number of thiophene rings is 1. The number of nitrogens with one attached hydrogen (secondary N) is 3. The summed E-state index contributed by atoms with van der Waals surface area (Å²) in [5.41, 5.74) is 8.61. The van der Waals surface area contributed by atoms with E-state index >= 15 is 0 Å². The van der Waals surface area contributed by atoms with Crippen LogP contribution >= 0.6 is 11.3 Å². The van der Waals surface area contributed by atoms with Gasteiger partial charge in [0.05, 0.1) is 18.4 Å². The van der Waals surface area contributed by atoms with Crippen LogP contribution in [0, 0.1) is 0 Å². The lowest BCUT2D eigenvalue weighted by Crippen LogP contribution is -2.55. The molecule has 1 unspecified atom stereocenters. The van der Waals surface area contributed by atoms with Gasteiger partial charge in [-0.1, -0.05) is 12.1 Å². The molecular weight excluding hydrogens is 380 g/mol. The molecular formula is C19H20N4O4S. The standard InChI is InChI=1S/C19H20N4O4S/c1-26-13-4-2-12(3-5-13)9-27-17-11-28-10-14(17)16-8-20-22-23(16)15-6-7-18(24)21-19(15)25/h2-5,8,10-11,15,20,22H,6-7,9H2,1H3,(H,21,24,25). The van der Waals surface area contributed by atoms with Crippen molar-refractivity contribution in [3.63, 3.8) is 0 Å². The Morgan fingerprint density at radius 1 is 1.21 bits per heavy atom. The zero-order chi connectivity index (χ0) is 19.5. The number of rotatable bonds is 6. The van der Waals surface area contributed by atoms with Crippen molar-refractivity contribution in [3.05, 3.63) is 52.4 Å². The summed E-state index contributed by atoms with van der Waals surface area (Å²) < 4.78 is 11.2. The van der Waals surface area contributed by atoms with Crippen LogP contribution in [0.15, 0.2) is 41.2 Å². The zero-order valence-electron chi connectivity index (χ0n) is 15.2. The average molecular weight is 400 g/mol. The van der Waals surface area contributed by atoms with Gasteiger partial charge in [-0.2, -0.15) is 0 Å². The van der Waals surface area contributed by atoms with Crippen LogP contribution in [-0.2, 0) is 16.2 Å². The fraction of sp³-hybridized carbons (Fsp3) is 0.263. The molecule has 4 rings (SSSR count). The Hall–Kier alpha value is -3.04. The molecule has 28 heavy (non-hydrogen) atoms. The number of hydrazine groups is 2. The summed E-state index contributed by atoms with van der Waals surface area (Å²) in [6.07, 6.45) is 2.54. The topological polar surface area (TPSA) is 91.9 Å². The highest BCUT2D eigenvalue weighted by Crippen LogP contribution is 2.34. The molecule has 9 heteroatoms. The van der Waals surface area contributed by atoms with Gasteiger partial charge in [0.1, 0.15) is 24.1 Å². The maximum absolute atomic E-state index is 12.2. The first-order chi connectivity index (χ1) is 13.7. The molecule has 1 fully saturated rings. The molecule has 2 aliphatic rings. The maximum Gasteiger partial charge on any atom is 0.250 e. The van der Waals surface area contributed by atoms with Crippen LogP contribution in [0.5, 0.6) is 11.5 Å². The first-order valence-corrected chi connectivity index (χ1v) is 9.76. The number of carbonyl (C=O) groups is 2. The molecule has 2 aromatic rings. The minimum Gasteiger partial charge on any atom is -0.497 e. The third kappa shape index (κ3) is 3.67. The lowest BCUT2D eigenvalue weighted by atomic mass is 10.0. The Labute approximate surface area is 166 Å². The van der Waals surface area contributed by atoms with Crippen LogP contribution in [0.3, 0.4) is 0 Å². The minimum atomic E-state index is -0.478. The SMILES string of the molecule is COc1ccc(COc2cscc2C2=CNNN2C2CCC(=O)NC2=O)cc1. The number of nitrogens with zero attached hydrogens (tertiary/aromatic N) is 1. The Balaban J connectivity index is 1.48. The van der Waals surface area contributed by atoms with Gasteiger partial charge >= 0.3 is 0 Å². The lowest BCUT2D eigenvalue weighted by Gasteiger charge is -2.32. The normalized spacial score (nSPS) is 19.1. The summed E-state index contributed by atoms with van der Waals surface area (Å²) in [4.78, 5) is 23.7. The highest BCUT2D eigenvalue weighted by molar-refractivity contribution is 7.08. The highest BCUT2D eigenvalue weighted by Gasteiger charge is 2.36. The Bertz CT molecular complexity index is 909. The molecule has 0 radical (unpaired) electrons. The predicted molar refractivity (Wildman–Crippen MR) is 104 cm³/mol. The molecule has 3 heterocycles. The van der Waals surface area contributed by atoms with E-state index in [0.29, 0.717) is 19.4 Å². The van der Waals surface area contributed by atoms with E-state index in [1.807, 2.05) is 35.0 Å². The van der Waals surface area contributed by atoms with E-state index in [-0.39, 0.29) is 11.8 Å². The second-order valence-electron chi connectivity index (χ2n) is 6.41. The molecule has 0 saturated carbocycles. The largest absolute Gasteiger partial charge is 0.497 e. The summed E-state index contributed by atoms with van der Waals surface area (Å²) in [5.74, 6) is 0.982. The van der Waals surface area contributed by atoms with Gasteiger partial charge in [-0.3, -0.25) is 19.9 Å². The number of ether oxygens (including phenoxy) is 2. The summed E-state index contributed by atoms with van der Waals surface area (Å²) in [5, 5.41) is 8.04. The Morgan fingerprint density at radius 2 is 2.04 bits per heavy atom. The van der Waals surface area contributed by atoms with Crippen LogP contribution in [0.1, 0.15) is 24.0 Å². The van der Waals surface area contributed by atoms with Crippen LogP contribution in [-0.4, -0.2) is 30.0 Å². The number of benzene rings is 1. The number of amides is 2. The minimum absolute atomic E-state index is 0.238. The molecule has 0 aliphatic carbocycles. The maximum atomic E-state index is 12.2. The number of carbonyl (C=O) groups excluding carboxylic acids is 2. The average Bonchev–Trinajstić information content (AvgIpc) is 3.35. The van der Waals surface area contributed by atoms with E-state index < -0.39 is 6.04 Å². The fourth-order valence-electron chi connectivity index (χ4n) is 3.15. The molecule has 1 saturated heterocycles. The third-order valence-corrected chi connectivity index (χ3v) is 5.35. The number of piperidine rings is 1. The van der Waals surface area contributed by atoms with Crippen molar-refractivity contribution >= 4 is 28.8 Å². The van der Waals surface area contributed by atoms with Gasteiger partial charge in [-0.15, -0.1) is 16.9 Å². The van der Waals surface area contributed by atoms with Crippen LogP contribution in [0.2, 0.25) is 0 Å². The van der Waals surface area contributed by atoms with Gasteiger partial charge in [0, 0.05) is 23.4 Å². The van der Waals surface area contributed by atoms with Crippen molar-refractivity contribution in [1.82, 2.24) is 21.3 Å². The van der Waals surface area contributed by atoms with Crippen LogP contribution in [0.25, 0.3) is 5.70 Å². The lowest BCUT2D eigenvalue weighted by molar-refractivity contribution is -0.137. The van der Waals surface area contributed by atoms with E-state index in [0.717, 1.165) is 28.3 Å². The number of imide groups is 1. The summed E-state index contributed by atoms with van der Waals surface area (Å²) in [7, 11) is 1.63. The fourth-order valence-corrected chi connectivity index (χ4v) is 3.91. The van der Waals surface area contributed by atoms with Gasteiger partial charge < -0.3 is 14.9 Å². The van der Waals surface area contributed by atoms with Crippen molar-refractivity contribution < 1.29 is 19.1 Å². The Morgan fingerprint density at radius 3 is 2.79 bits per heavy atom. The predicted octanol–water partition coefficient (Wildman–Crippen LogP) is 1.76. The number of hydrogen-bond acceptors (Lipinski definition) is 8. The quantitative estimate of drug-likeness (QED) is 0.637. The third-order valence-electron chi connectivity index (χ3n) is 4.63. The van der Waals surface area contributed by atoms with Gasteiger partial charge in [0.15, 0.2) is 0 Å². The zero-order valence-corrected chi connectivity index (χ0v) is 16.0. The summed E-state index contributed by atoms with van der Waals surface area (Å²) in [6.45, 7) is 0.417. The van der Waals surface area contributed by atoms with Gasteiger partial charge in [-0.25, -0.2) is 0 Å². The van der Waals surface area contributed by atoms with E-state index in [1.54, 1.807) is 18.3 Å². The van der Waals surface area contributed by atoms with Crippen molar-refractivity contribution in [1.29, 1.82) is 0 Å². The highest BCUT2D eigenvalue weighted by atomic mass is 32.1. The number of hydrogen-bond donors (Lipinski definition) is 3. The van der Waals surface area contributed by atoms with Crippen molar-refractivity contribution in [2.75, 3.05) is 7.11 Å². The van der Waals surface area contributed by atoms with E-state index in [4.69, 9.17) is 9.47 Å². The monoisotopic (exact) mass is 400 g/mol. The van der Waals surface area contributed by atoms with Crippen molar-refractivity contribution in [3.8, 4) is 11.5 Å². The smallest absolute Gasteiger partial charge is 0.250 e. The van der Waals surface area contributed by atoms with E-state index in [1.165, 1.54) is 11.3 Å². The second-order valence-corrected chi connectivity index (χ2v) is 7.15. The Kier molecular flexibility index (Phi) is 5.18. The van der Waals surface area contributed by atoms with Crippen LogP contribution in [0.4, 0.5) is 0 Å². The molecule has 2 aliphatic heterocycles. The van der Waals surface area contributed by atoms with Crippen LogP contribution < -0.4 is 25.8 Å². The van der Waals surface area contributed by atoms with E-state index in [2.05, 4.69) is 16.3 Å². The molecule has 1 atom stereocenters. The molecule has 2 amide bonds. The molecule has 146 valence electrons. The molecule has 0 spiro atoms. The first-order valence-electron chi connectivity index (χ1n) is 8.82. The molecule has 8 nitrogen and oxygen atoms in total. The van der Waals surface area contributed by atoms with Crippen molar-refractivity contribution in [2.24, 2.45) is 0 Å². The van der Waals surface area contributed by atoms with Gasteiger partial charge in [0.25, 0.3) is 5.91 Å². The van der Waals surface area contributed by atoms with Gasteiger partial charge in [-0.05, 0) is 24.1 Å². The molecule has 0 bridgehead atoms. The molecule has 1 aromatic carbocycles. The number of methoxy groups -OCH3 is 1. The molecule has 3 N–H and O–H groups in total. The summed E-state index contributed by atoms with van der Waals surface area (Å²) >= 11 is 1.52. The summed E-state index contributed by atoms with van der Waals surface area (Å²) in [6, 6.07) is 7.22.